The molecule has 0 N–H and O–H groups in total. The molecule has 220 valence electrons. The molecule has 0 aromatic heterocycles. The second-order valence-electron chi connectivity index (χ2n) is 12.2. The van der Waals surface area contributed by atoms with Crippen molar-refractivity contribution in [2.75, 3.05) is 4.90 Å². The van der Waals surface area contributed by atoms with Crippen molar-refractivity contribution in [3.8, 4) is 22.3 Å². The van der Waals surface area contributed by atoms with Crippen LogP contribution >= 0.6 is 0 Å². The standard InChI is InChI=1S/C46H31N/c1-3-17-38(18-4-1)47(39-19-5-2-6-20-39)40-27-28-43-44(31-40)46(37-26-24-33-14-8-10-16-35(33)30-37)42-22-12-11-21-41(42)45(43)36-25-23-32-13-7-9-15-34(32)29-36/h1-31H. The van der Waals surface area contributed by atoms with Gasteiger partial charge in [0.15, 0.2) is 0 Å². The predicted octanol–water partition coefficient (Wildman–Crippen LogP) is 13.1. The SMILES string of the molecule is c1ccc(N(c2ccccc2)c2ccc3c(-c4ccc5ccccc5c4)c4ccccc4c(-c4ccc5ccccc5c4)c3c2)cc1. The Balaban J connectivity index is 1.40. The molecule has 1 heteroatoms. The number of para-hydroxylation sites is 2. The summed E-state index contributed by atoms with van der Waals surface area (Å²) in [6.07, 6.45) is 0. The summed E-state index contributed by atoms with van der Waals surface area (Å²) < 4.78 is 0. The Hall–Kier alpha value is -6.18. The van der Waals surface area contributed by atoms with Gasteiger partial charge in [-0.1, -0.05) is 140 Å². The first-order valence-corrected chi connectivity index (χ1v) is 16.2. The van der Waals surface area contributed by atoms with E-state index >= 15 is 0 Å². The van der Waals surface area contributed by atoms with Crippen molar-refractivity contribution in [2.45, 2.75) is 0 Å². The Kier molecular flexibility index (Phi) is 6.54. The number of hydrogen-bond donors (Lipinski definition) is 0. The molecule has 0 saturated carbocycles. The van der Waals surface area contributed by atoms with Crippen LogP contribution in [0.2, 0.25) is 0 Å². The van der Waals surface area contributed by atoms with Gasteiger partial charge < -0.3 is 4.90 Å². The third-order valence-electron chi connectivity index (χ3n) is 9.37. The summed E-state index contributed by atoms with van der Waals surface area (Å²) in [4.78, 5) is 2.36. The number of benzene rings is 9. The van der Waals surface area contributed by atoms with Crippen LogP contribution in [0.25, 0.3) is 65.3 Å². The fraction of sp³-hybridized carbons (Fsp3) is 0. The molecule has 0 fully saturated rings. The molecule has 0 radical (unpaired) electrons. The van der Waals surface area contributed by atoms with Crippen LogP contribution in [0.5, 0.6) is 0 Å². The van der Waals surface area contributed by atoms with Crippen LogP contribution in [0.4, 0.5) is 17.1 Å². The monoisotopic (exact) mass is 597 g/mol. The van der Waals surface area contributed by atoms with Crippen LogP contribution < -0.4 is 4.90 Å². The molecule has 0 atom stereocenters. The van der Waals surface area contributed by atoms with Crippen LogP contribution in [0, 0.1) is 0 Å². The van der Waals surface area contributed by atoms with Gasteiger partial charge >= 0.3 is 0 Å². The normalized spacial score (nSPS) is 11.4. The van der Waals surface area contributed by atoms with Gasteiger partial charge in [-0.05, 0) is 114 Å². The first-order chi connectivity index (χ1) is 23.3. The van der Waals surface area contributed by atoms with E-state index in [-0.39, 0.29) is 0 Å². The lowest BCUT2D eigenvalue weighted by atomic mass is 9.85. The number of hydrogen-bond acceptors (Lipinski definition) is 1. The van der Waals surface area contributed by atoms with Gasteiger partial charge in [0, 0.05) is 17.1 Å². The van der Waals surface area contributed by atoms with Crippen molar-refractivity contribution in [2.24, 2.45) is 0 Å². The minimum Gasteiger partial charge on any atom is -0.310 e. The number of rotatable bonds is 5. The summed E-state index contributed by atoms with van der Waals surface area (Å²) in [5, 5.41) is 9.97. The number of nitrogens with zero attached hydrogens (tertiary/aromatic N) is 1. The van der Waals surface area contributed by atoms with E-state index in [4.69, 9.17) is 0 Å². The highest BCUT2D eigenvalue weighted by Crippen LogP contribution is 2.47. The van der Waals surface area contributed by atoms with Gasteiger partial charge in [-0.15, -0.1) is 0 Å². The summed E-state index contributed by atoms with van der Waals surface area (Å²) in [5.74, 6) is 0. The average molecular weight is 598 g/mol. The highest BCUT2D eigenvalue weighted by molar-refractivity contribution is 6.22. The zero-order chi connectivity index (χ0) is 31.2. The van der Waals surface area contributed by atoms with Gasteiger partial charge in [-0.2, -0.15) is 0 Å². The van der Waals surface area contributed by atoms with E-state index < -0.39 is 0 Å². The van der Waals surface area contributed by atoms with E-state index in [0.717, 1.165) is 17.1 Å². The maximum atomic E-state index is 2.40. The van der Waals surface area contributed by atoms with E-state index in [1.54, 1.807) is 0 Å². The Morgan fingerprint density at radius 2 is 0.681 bits per heavy atom. The summed E-state index contributed by atoms with van der Waals surface area (Å²) >= 11 is 0. The molecule has 0 aliphatic heterocycles. The fourth-order valence-corrected chi connectivity index (χ4v) is 7.22. The second-order valence-corrected chi connectivity index (χ2v) is 12.2. The average Bonchev–Trinajstić information content (AvgIpc) is 3.14. The second kappa shape index (κ2) is 11.3. The molecule has 9 rings (SSSR count). The zero-order valence-corrected chi connectivity index (χ0v) is 25.8. The van der Waals surface area contributed by atoms with Crippen molar-refractivity contribution in [1.29, 1.82) is 0 Å². The molecule has 0 saturated heterocycles. The summed E-state index contributed by atoms with van der Waals surface area (Å²) in [5.41, 5.74) is 8.35. The van der Waals surface area contributed by atoms with E-state index in [1.807, 2.05) is 0 Å². The van der Waals surface area contributed by atoms with Crippen molar-refractivity contribution in [3.63, 3.8) is 0 Å². The van der Waals surface area contributed by atoms with Crippen molar-refractivity contribution in [3.05, 3.63) is 188 Å². The molecule has 0 heterocycles. The van der Waals surface area contributed by atoms with E-state index in [0.29, 0.717) is 0 Å². The van der Waals surface area contributed by atoms with Gasteiger partial charge in [-0.3, -0.25) is 0 Å². The van der Waals surface area contributed by atoms with Crippen molar-refractivity contribution in [1.82, 2.24) is 0 Å². The van der Waals surface area contributed by atoms with Crippen LogP contribution in [0.1, 0.15) is 0 Å². The van der Waals surface area contributed by atoms with Crippen LogP contribution in [0.15, 0.2) is 188 Å². The van der Waals surface area contributed by atoms with Gasteiger partial charge in [0.2, 0.25) is 0 Å². The molecule has 9 aromatic carbocycles. The number of anilines is 3. The van der Waals surface area contributed by atoms with Gasteiger partial charge in [-0.25, -0.2) is 0 Å². The Morgan fingerprint density at radius 1 is 0.255 bits per heavy atom. The third-order valence-corrected chi connectivity index (χ3v) is 9.37. The molecule has 0 aliphatic carbocycles. The highest BCUT2D eigenvalue weighted by Gasteiger charge is 2.20. The quantitative estimate of drug-likeness (QED) is 0.178. The summed E-state index contributed by atoms with van der Waals surface area (Å²) in [6.45, 7) is 0. The summed E-state index contributed by atoms with van der Waals surface area (Å²) in [6, 6.07) is 68.3. The smallest absolute Gasteiger partial charge is 0.0468 e. The number of fused-ring (bicyclic) bond motifs is 4. The minimum absolute atomic E-state index is 1.12. The van der Waals surface area contributed by atoms with Crippen LogP contribution in [-0.4, -0.2) is 0 Å². The van der Waals surface area contributed by atoms with Gasteiger partial charge in [0.05, 0.1) is 0 Å². The lowest BCUT2D eigenvalue weighted by Crippen LogP contribution is -2.09. The van der Waals surface area contributed by atoms with E-state index in [2.05, 4.69) is 193 Å². The first-order valence-electron chi connectivity index (χ1n) is 16.2. The molecular weight excluding hydrogens is 567 g/mol. The van der Waals surface area contributed by atoms with Gasteiger partial charge in [0.1, 0.15) is 0 Å². The fourth-order valence-electron chi connectivity index (χ4n) is 7.22. The van der Waals surface area contributed by atoms with Crippen LogP contribution in [-0.2, 0) is 0 Å². The third kappa shape index (κ3) is 4.72. The molecule has 0 amide bonds. The van der Waals surface area contributed by atoms with Crippen LogP contribution in [0.3, 0.4) is 0 Å². The largest absolute Gasteiger partial charge is 0.310 e. The molecule has 0 bridgehead atoms. The van der Waals surface area contributed by atoms with Crippen molar-refractivity contribution >= 4 is 60.2 Å². The zero-order valence-electron chi connectivity index (χ0n) is 25.8. The Bertz CT molecular complexity index is 2530. The Labute approximate surface area is 274 Å². The molecular formula is C46H31N. The lowest BCUT2D eigenvalue weighted by Gasteiger charge is -2.27. The topological polar surface area (TPSA) is 3.24 Å². The van der Waals surface area contributed by atoms with Gasteiger partial charge in [0.25, 0.3) is 0 Å². The van der Waals surface area contributed by atoms with E-state index in [1.165, 1.54) is 65.3 Å². The minimum atomic E-state index is 1.12. The molecule has 0 spiro atoms. The molecule has 1 nitrogen and oxygen atoms in total. The molecule has 0 aliphatic rings. The first kappa shape index (κ1) is 27.2. The van der Waals surface area contributed by atoms with Crippen molar-refractivity contribution < 1.29 is 0 Å². The Morgan fingerprint density at radius 3 is 1.21 bits per heavy atom. The van der Waals surface area contributed by atoms with E-state index in [9.17, 15) is 0 Å². The molecule has 0 unspecified atom stereocenters. The lowest BCUT2D eigenvalue weighted by molar-refractivity contribution is 1.29. The highest BCUT2D eigenvalue weighted by atomic mass is 15.1. The molecule has 9 aromatic rings. The maximum absolute atomic E-state index is 2.40. The summed E-state index contributed by atoms with van der Waals surface area (Å²) in [7, 11) is 0. The predicted molar refractivity (Wildman–Crippen MR) is 202 cm³/mol. The molecule has 47 heavy (non-hydrogen) atoms. The maximum Gasteiger partial charge on any atom is 0.0468 e.